The van der Waals surface area contributed by atoms with Crippen molar-refractivity contribution in [1.29, 1.82) is 0 Å². The molecular weight excluding hydrogens is 292 g/mol. The van der Waals surface area contributed by atoms with Gasteiger partial charge in [0.15, 0.2) is 5.38 Å². The maximum Gasteiger partial charge on any atom is 0.325 e. The number of halogens is 1. The van der Waals surface area contributed by atoms with Gasteiger partial charge in [0.2, 0.25) is 0 Å². The van der Waals surface area contributed by atoms with E-state index in [0.717, 1.165) is 5.56 Å². The van der Waals surface area contributed by atoms with Crippen molar-refractivity contribution in [2.75, 3.05) is 6.61 Å². The summed E-state index contributed by atoms with van der Waals surface area (Å²) in [6, 6.07) is 16.8. The van der Waals surface area contributed by atoms with Crippen LogP contribution in [0.2, 0.25) is 0 Å². The number of carboxylic acids is 1. The average Bonchev–Trinajstić information content (AvgIpc) is 2.52. The van der Waals surface area contributed by atoms with Crippen molar-refractivity contribution in [2.24, 2.45) is 0 Å². The number of aliphatic carboxylic acids is 1. The van der Waals surface area contributed by atoms with Crippen LogP contribution in [0.1, 0.15) is 5.56 Å². The third-order valence-corrected chi connectivity index (χ3v) is 3.05. The summed E-state index contributed by atoms with van der Waals surface area (Å²) in [5.74, 6) is 0.167. The molecule has 110 valence electrons. The molecule has 0 saturated carbocycles. The predicted molar refractivity (Wildman–Crippen MR) is 80.0 cm³/mol. The van der Waals surface area contributed by atoms with Gasteiger partial charge in [-0.3, -0.25) is 4.79 Å². The van der Waals surface area contributed by atoms with E-state index in [2.05, 4.69) is 0 Å². The number of carboxylic acid groups (broad SMARTS) is 1. The Bertz CT molecular complexity index is 569. The van der Waals surface area contributed by atoms with Gasteiger partial charge in [0, 0.05) is 0 Å². The zero-order valence-corrected chi connectivity index (χ0v) is 12.0. The van der Waals surface area contributed by atoms with E-state index >= 15 is 0 Å². The van der Waals surface area contributed by atoms with Crippen LogP contribution in [0, 0.1) is 0 Å². The van der Waals surface area contributed by atoms with E-state index in [4.69, 9.17) is 26.2 Å². The summed E-state index contributed by atoms with van der Waals surface area (Å²) in [5.41, 5.74) is 1.09. The summed E-state index contributed by atoms with van der Waals surface area (Å²) in [4.78, 5) is 10.6. The lowest BCUT2D eigenvalue weighted by molar-refractivity contribution is -0.137. The Morgan fingerprint density at radius 2 is 1.57 bits per heavy atom. The minimum Gasteiger partial charge on any atom is -0.491 e. The number of rotatable bonds is 7. The summed E-state index contributed by atoms with van der Waals surface area (Å²) in [5, 5.41) is 7.59. The second-order valence-corrected chi connectivity index (χ2v) is 4.89. The van der Waals surface area contributed by atoms with Crippen LogP contribution < -0.4 is 9.47 Å². The lowest BCUT2D eigenvalue weighted by atomic mass is 10.2. The van der Waals surface area contributed by atoms with Gasteiger partial charge < -0.3 is 14.6 Å². The fourth-order valence-electron chi connectivity index (χ4n) is 1.61. The fourth-order valence-corrected chi connectivity index (χ4v) is 1.68. The summed E-state index contributed by atoms with van der Waals surface area (Å²) in [6.45, 7) is 0.408. The van der Waals surface area contributed by atoms with Crippen molar-refractivity contribution in [1.82, 2.24) is 0 Å². The molecule has 21 heavy (non-hydrogen) atoms. The second kappa shape index (κ2) is 7.55. The Balaban J connectivity index is 1.83. The number of alkyl halides is 1. The standard InChI is InChI=1S/C16H15ClO4/c17-15(16(18)19)11-21-14-8-6-13(7-9-14)20-10-12-4-2-1-3-5-12/h1-9,15H,10-11H2,(H,18,19). The molecule has 5 heteroatoms. The van der Waals surface area contributed by atoms with Gasteiger partial charge in [0.25, 0.3) is 0 Å². The summed E-state index contributed by atoms with van der Waals surface area (Å²) in [6.07, 6.45) is 0. The highest BCUT2D eigenvalue weighted by Gasteiger charge is 2.13. The summed E-state index contributed by atoms with van der Waals surface area (Å²) >= 11 is 5.57. The van der Waals surface area contributed by atoms with Crippen LogP contribution in [0.25, 0.3) is 0 Å². The van der Waals surface area contributed by atoms with Crippen LogP contribution in [0.4, 0.5) is 0 Å². The Morgan fingerprint density at radius 1 is 1.00 bits per heavy atom. The molecule has 2 aromatic rings. The first-order chi connectivity index (χ1) is 10.1. The van der Waals surface area contributed by atoms with E-state index in [1.54, 1.807) is 24.3 Å². The van der Waals surface area contributed by atoms with Gasteiger partial charge in [-0.25, -0.2) is 0 Å². The number of benzene rings is 2. The van der Waals surface area contributed by atoms with E-state index in [1.807, 2.05) is 30.3 Å². The molecule has 1 N–H and O–H groups in total. The lowest BCUT2D eigenvalue weighted by Gasteiger charge is -2.09. The molecule has 0 heterocycles. The van der Waals surface area contributed by atoms with Crippen LogP contribution in [0.15, 0.2) is 54.6 Å². The van der Waals surface area contributed by atoms with Gasteiger partial charge in [-0.15, -0.1) is 11.6 Å². The predicted octanol–water partition coefficient (Wildman–Crippen LogP) is 3.34. The van der Waals surface area contributed by atoms with Crippen molar-refractivity contribution in [3.05, 3.63) is 60.2 Å². The zero-order valence-electron chi connectivity index (χ0n) is 11.2. The number of hydrogen-bond donors (Lipinski definition) is 1. The minimum atomic E-state index is -1.10. The Labute approximate surface area is 127 Å². The van der Waals surface area contributed by atoms with Gasteiger partial charge in [-0.2, -0.15) is 0 Å². The molecule has 0 spiro atoms. The zero-order chi connectivity index (χ0) is 15.1. The monoisotopic (exact) mass is 306 g/mol. The van der Waals surface area contributed by atoms with Crippen LogP contribution in [0.3, 0.4) is 0 Å². The quantitative estimate of drug-likeness (QED) is 0.797. The van der Waals surface area contributed by atoms with Crippen molar-refractivity contribution >= 4 is 17.6 Å². The first-order valence-electron chi connectivity index (χ1n) is 6.41. The lowest BCUT2D eigenvalue weighted by Crippen LogP contribution is -2.21. The van der Waals surface area contributed by atoms with Gasteiger partial charge >= 0.3 is 5.97 Å². The SMILES string of the molecule is O=C(O)C(Cl)COc1ccc(OCc2ccccc2)cc1. The summed E-state index contributed by atoms with van der Waals surface area (Å²) < 4.78 is 10.9. The minimum absolute atomic E-state index is 0.0822. The van der Waals surface area contributed by atoms with Gasteiger partial charge in [0.1, 0.15) is 24.7 Å². The molecule has 0 aliphatic carbocycles. The third kappa shape index (κ3) is 5.00. The maximum absolute atomic E-state index is 10.6. The maximum atomic E-state index is 10.6. The molecule has 2 aromatic carbocycles. The van der Waals surface area contributed by atoms with E-state index in [9.17, 15) is 4.79 Å². The smallest absolute Gasteiger partial charge is 0.325 e. The molecule has 0 saturated heterocycles. The first-order valence-corrected chi connectivity index (χ1v) is 6.85. The molecule has 0 aliphatic rings. The van der Waals surface area contributed by atoms with Gasteiger partial charge in [-0.1, -0.05) is 30.3 Å². The molecule has 0 bridgehead atoms. The molecule has 0 aliphatic heterocycles. The Morgan fingerprint density at radius 3 is 2.14 bits per heavy atom. The van der Waals surface area contributed by atoms with Crippen molar-refractivity contribution in [2.45, 2.75) is 12.0 Å². The van der Waals surface area contributed by atoms with E-state index < -0.39 is 11.3 Å². The topological polar surface area (TPSA) is 55.8 Å². The molecule has 1 unspecified atom stereocenters. The van der Waals surface area contributed by atoms with Crippen LogP contribution in [-0.4, -0.2) is 23.1 Å². The molecule has 4 nitrogen and oxygen atoms in total. The molecule has 0 amide bonds. The highest BCUT2D eigenvalue weighted by molar-refractivity contribution is 6.29. The number of hydrogen-bond acceptors (Lipinski definition) is 3. The first kappa shape index (κ1) is 15.2. The molecule has 0 radical (unpaired) electrons. The molecular formula is C16H15ClO4. The van der Waals surface area contributed by atoms with Gasteiger partial charge in [0.05, 0.1) is 0 Å². The molecule has 1 atom stereocenters. The molecule has 0 aromatic heterocycles. The highest BCUT2D eigenvalue weighted by Crippen LogP contribution is 2.19. The fraction of sp³-hybridized carbons (Fsp3) is 0.188. The van der Waals surface area contributed by atoms with Crippen molar-refractivity contribution < 1.29 is 19.4 Å². The third-order valence-electron chi connectivity index (χ3n) is 2.74. The van der Waals surface area contributed by atoms with Crippen LogP contribution >= 0.6 is 11.6 Å². The van der Waals surface area contributed by atoms with E-state index in [1.165, 1.54) is 0 Å². The Kier molecular flexibility index (Phi) is 5.46. The second-order valence-electron chi connectivity index (χ2n) is 4.36. The van der Waals surface area contributed by atoms with Crippen LogP contribution in [0.5, 0.6) is 11.5 Å². The normalized spacial score (nSPS) is 11.7. The van der Waals surface area contributed by atoms with E-state index in [-0.39, 0.29) is 6.61 Å². The van der Waals surface area contributed by atoms with Crippen LogP contribution in [-0.2, 0) is 11.4 Å². The molecule has 0 fully saturated rings. The molecule has 2 rings (SSSR count). The number of carbonyl (C=O) groups is 1. The van der Waals surface area contributed by atoms with Crippen molar-refractivity contribution in [3.8, 4) is 11.5 Å². The van der Waals surface area contributed by atoms with Crippen molar-refractivity contribution in [3.63, 3.8) is 0 Å². The average molecular weight is 307 g/mol. The number of ether oxygens (including phenoxy) is 2. The van der Waals surface area contributed by atoms with Gasteiger partial charge in [-0.05, 0) is 29.8 Å². The largest absolute Gasteiger partial charge is 0.491 e. The Hall–Kier alpha value is -2.20. The van der Waals surface area contributed by atoms with E-state index in [0.29, 0.717) is 18.1 Å². The highest BCUT2D eigenvalue weighted by atomic mass is 35.5. The summed E-state index contributed by atoms with van der Waals surface area (Å²) in [7, 11) is 0.